The van der Waals surface area contributed by atoms with E-state index in [1.165, 1.54) is 13.2 Å². The lowest BCUT2D eigenvalue weighted by molar-refractivity contribution is -0.119. The lowest BCUT2D eigenvalue weighted by Gasteiger charge is -2.11. The monoisotopic (exact) mass is 384 g/mol. The van der Waals surface area contributed by atoms with Gasteiger partial charge < -0.3 is 19.4 Å². The highest BCUT2D eigenvalue weighted by atomic mass is 16.5. The van der Waals surface area contributed by atoms with Crippen LogP contribution in [-0.2, 0) is 14.3 Å². The summed E-state index contributed by atoms with van der Waals surface area (Å²) >= 11 is 0. The number of methoxy groups -OCH3 is 1. The molecule has 0 radical (unpaired) electrons. The molecule has 7 heteroatoms. The molecule has 28 heavy (non-hydrogen) atoms. The van der Waals surface area contributed by atoms with E-state index in [-0.39, 0.29) is 0 Å². The zero-order valence-electron chi connectivity index (χ0n) is 16.5. The maximum absolute atomic E-state index is 12.4. The molecule has 3 rings (SSSR count). The van der Waals surface area contributed by atoms with Crippen LogP contribution in [0, 0.1) is 20.8 Å². The Morgan fingerprint density at radius 3 is 2.46 bits per heavy atom. The van der Waals surface area contributed by atoms with E-state index in [2.05, 4.69) is 14.6 Å². The van der Waals surface area contributed by atoms with Crippen LogP contribution in [0.2, 0.25) is 0 Å². The van der Waals surface area contributed by atoms with Crippen LogP contribution in [0.3, 0.4) is 0 Å². The molecule has 7 nitrogen and oxygen atoms in total. The smallest absolute Gasteiger partial charge is 0.340 e. The van der Waals surface area contributed by atoms with E-state index in [0.29, 0.717) is 22.9 Å². The van der Waals surface area contributed by atoms with E-state index in [1.54, 1.807) is 25.1 Å². The Kier molecular flexibility index (Phi) is 5.53. The van der Waals surface area contributed by atoms with Crippen LogP contribution in [0.4, 0.5) is 5.69 Å². The molecule has 1 heterocycles. The van der Waals surface area contributed by atoms with E-state index < -0.39 is 24.5 Å². The lowest BCUT2D eigenvalue weighted by Crippen LogP contribution is -2.22. The molecule has 1 aliphatic rings. The van der Waals surface area contributed by atoms with Crippen molar-refractivity contribution < 1.29 is 23.9 Å². The summed E-state index contributed by atoms with van der Waals surface area (Å²) < 4.78 is 12.0. The van der Waals surface area contributed by atoms with Gasteiger partial charge in [0.25, 0.3) is 5.91 Å². The number of aromatic nitrogens is 1. The van der Waals surface area contributed by atoms with E-state index >= 15 is 0 Å². The molecule has 0 spiro atoms. The fourth-order valence-electron chi connectivity index (χ4n) is 3.28. The Morgan fingerprint density at radius 2 is 1.82 bits per heavy atom. The minimum Gasteiger partial charge on any atom is -0.465 e. The van der Waals surface area contributed by atoms with Crippen LogP contribution in [0.5, 0.6) is 0 Å². The van der Waals surface area contributed by atoms with Crippen molar-refractivity contribution in [1.82, 2.24) is 4.57 Å². The molecule has 1 aromatic carbocycles. The van der Waals surface area contributed by atoms with Gasteiger partial charge in [0.05, 0.1) is 18.2 Å². The molecule has 0 aliphatic heterocycles. The Morgan fingerprint density at radius 1 is 1.11 bits per heavy atom. The summed E-state index contributed by atoms with van der Waals surface area (Å²) in [4.78, 5) is 36.3. The Hall–Kier alpha value is -3.09. The average Bonchev–Trinajstić information content (AvgIpc) is 3.45. The quantitative estimate of drug-likeness (QED) is 0.772. The van der Waals surface area contributed by atoms with Crippen LogP contribution in [0.15, 0.2) is 24.3 Å². The standard InChI is InChI=1S/C21H24N2O5/c1-12-5-6-15(20(25)27-4)10-18(12)22-19(24)11-28-21(26)17-9-13(2)23(14(17)3)16-7-8-16/h5-6,9-10,16H,7-8,11H2,1-4H3,(H,22,24). The molecule has 2 aromatic rings. The van der Waals surface area contributed by atoms with Gasteiger partial charge in [-0.2, -0.15) is 0 Å². The largest absolute Gasteiger partial charge is 0.465 e. The first-order chi connectivity index (χ1) is 13.3. The number of nitrogens with one attached hydrogen (secondary N) is 1. The van der Waals surface area contributed by atoms with Crippen molar-refractivity contribution in [2.24, 2.45) is 0 Å². The van der Waals surface area contributed by atoms with Crippen molar-refractivity contribution in [2.45, 2.75) is 39.7 Å². The topological polar surface area (TPSA) is 86.6 Å². The highest BCUT2D eigenvalue weighted by Crippen LogP contribution is 2.38. The van der Waals surface area contributed by atoms with Crippen LogP contribution in [0.1, 0.15) is 56.6 Å². The molecule has 148 valence electrons. The maximum Gasteiger partial charge on any atom is 0.340 e. The number of rotatable bonds is 6. The van der Waals surface area contributed by atoms with Gasteiger partial charge >= 0.3 is 11.9 Å². The van der Waals surface area contributed by atoms with Crippen molar-refractivity contribution in [3.63, 3.8) is 0 Å². The fraction of sp³-hybridized carbons (Fsp3) is 0.381. The zero-order valence-corrected chi connectivity index (χ0v) is 16.5. The van der Waals surface area contributed by atoms with Gasteiger partial charge in [0.2, 0.25) is 0 Å². The third-order valence-electron chi connectivity index (χ3n) is 4.88. The number of ether oxygens (including phenoxy) is 2. The normalized spacial score (nSPS) is 13.1. The highest BCUT2D eigenvalue weighted by Gasteiger charge is 2.28. The van der Waals surface area contributed by atoms with Crippen molar-refractivity contribution >= 4 is 23.5 Å². The summed E-state index contributed by atoms with van der Waals surface area (Å²) in [5, 5.41) is 2.67. The predicted octanol–water partition coefficient (Wildman–Crippen LogP) is 3.33. The second-order valence-corrected chi connectivity index (χ2v) is 7.03. The first kappa shape index (κ1) is 19.7. The summed E-state index contributed by atoms with van der Waals surface area (Å²) in [5.74, 6) is -1.49. The van der Waals surface area contributed by atoms with Crippen molar-refractivity contribution in [2.75, 3.05) is 19.0 Å². The second-order valence-electron chi connectivity index (χ2n) is 7.03. The molecule has 1 N–H and O–H groups in total. The van der Waals surface area contributed by atoms with Gasteiger partial charge in [-0.1, -0.05) is 6.07 Å². The van der Waals surface area contributed by atoms with E-state index in [0.717, 1.165) is 29.8 Å². The predicted molar refractivity (Wildman–Crippen MR) is 104 cm³/mol. The number of hydrogen-bond donors (Lipinski definition) is 1. The summed E-state index contributed by atoms with van der Waals surface area (Å²) in [6, 6.07) is 7.13. The minimum atomic E-state index is -0.518. The summed E-state index contributed by atoms with van der Waals surface area (Å²) in [6.45, 7) is 5.25. The number of nitrogens with zero attached hydrogens (tertiary/aromatic N) is 1. The molecule has 1 aliphatic carbocycles. The maximum atomic E-state index is 12.4. The summed E-state index contributed by atoms with van der Waals surface area (Å²) in [7, 11) is 1.29. The van der Waals surface area contributed by atoms with Gasteiger partial charge in [-0.15, -0.1) is 0 Å². The van der Waals surface area contributed by atoms with Crippen LogP contribution < -0.4 is 5.32 Å². The van der Waals surface area contributed by atoms with Crippen LogP contribution in [-0.4, -0.2) is 36.1 Å². The zero-order chi connectivity index (χ0) is 20.4. The molecule has 0 bridgehead atoms. The fourth-order valence-corrected chi connectivity index (χ4v) is 3.28. The minimum absolute atomic E-state index is 0.327. The number of aryl methyl sites for hydroxylation is 2. The number of amides is 1. The molecule has 0 unspecified atom stereocenters. The van der Waals surface area contributed by atoms with E-state index in [9.17, 15) is 14.4 Å². The Balaban J connectivity index is 1.62. The number of hydrogen-bond acceptors (Lipinski definition) is 5. The number of anilines is 1. The number of carbonyl (C=O) groups excluding carboxylic acids is 3. The van der Waals surface area contributed by atoms with E-state index in [1.807, 2.05) is 13.8 Å². The van der Waals surface area contributed by atoms with E-state index in [4.69, 9.17) is 4.74 Å². The molecule has 0 saturated heterocycles. The molecule has 1 saturated carbocycles. The van der Waals surface area contributed by atoms with Gasteiger partial charge in [0.15, 0.2) is 6.61 Å². The van der Waals surface area contributed by atoms with Gasteiger partial charge in [-0.3, -0.25) is 4.79 Å². The second kappa shape index (κ2) is 7.88. The average molecular weight is 384 g/mol. The van der Waals surface area contributed by atoms with Crippen LogP contribution in [0.25, 0.3) is 0 Å². The third-order valence-corrected chi connectivity index (χ3v) is 4.88. The number of esters is 2. The van der Waals surface area contributed by atoms with Crippen LogP contribution >= 0.6 is 0 Å². The Bertz CT molecular complexity index is 941. The van der Waals surface area contributed by atoms with Crippen molar-refractivity contribution in [3.8, 4) is 0 Å². The van der Waals surface area contributed by atoms with Gasteiger partial charge in [-0.25, -0.2) is 9.59 Å². The lowest BCUT2D eigenvalue weighted by atomic mass is 10.1. The molecule has 0 atom stereocenters. The van der Waals surface area contributed by atoms with Gasteiger partial charge in [0.1, 0.15) is 0 Å². The third kappa shape index (κ3) is 4.08. The van der Waals surface area contributed by atoms with Crippen molar-refractivity contribution in [1.29, 1.82) is 0 Å². The molecular weight excluding hydrogens is 360 g/mol. The first-order valence-electron chi connectivity index (χ1n) is 9.16. The first-order valence-corrected chi connectivity index (χ1v) is 9.16. The molecular formula is C21H24N2O5. The molecule has 1 fully saturated rings. The summed E-state index contributed by atoms with van der Waals surface area (Å²) in [5.41, 5.74) is 3.95. The van der Waals surface area contributed by atoms with Crippen molar-refractivity contribution in [3.05, 3.63) is 52.3 Å². The SMILES string of the molecule is COC(=O)c1ccc(C)c(NC(=O)COC(=O)c2cc(C)n(C3CC3)c2C)c1. The highest BCUT2D eigenvalue weighted by molar-refractivity contribution is 5.98. The van der Waals surface area contributed by atoms with Gasteiger partial charge in [0, 0.05) is 23.1 Å². The van der Waals surface area contributed by atoms with Gasteiger partial charge in [-0.05, 0) is 57.4 Å². The Labute approximate surface area is 163 Å². The molecule has 1 aromatic heterocycles. The molecule has 1 amide bonds. The number of carbonyl (C=O) groups is 3. The summed E-state index contributed by atoms with van der Waals surface area (Å²) in [6.07, 6.45) is 2.24. The number of benzene rings is 1.